The number of nitrogens with zero attached hydrogens (tertiary/aromatic N) is 1. The van der Waals surface area contributed by atoms with Gasteiger partial charge in [-0.05, 0) is 41.5 Å². The van der Waals surface area contributed by atoms with E-state index < -0.39 is 0 Å². The normalized spacial score (nSPS) is 10.4. The fraction of sp³-hybridized carbons (Fsp3) is 0.143. The molecule has 3 aromatic rings. The van der Waals surface area contributed by atoms with Gasteiger partial charge in [-0.15, -0.1) is 0 Å². The average Bonchev–Trinajstić information content (AvgIpc) is 2.67. The minimum absolute atomic E-state index is 0.234. The van der Waals surface area contributed by atoms with Crippen LogP contribution in [0, 0.1) is 5.82 Å². The molecule has 0 bridgehead atoms. The third-order valence-corrected chi connectivity index (χ3v) is 4.09. The van der Waals surface area contributed by atoms with E-state index in [-0.39, 0.29) is 23.9 Å². The van der Waals surface area contributed by atoms with E-state index in [4.69, 9.17) is 4.74 Å². The minimum atomic E-state index is -0.318. The van der Waals surface area contributed by atoms with Crippen LogP contribution < -0.4 is 15.6 Å². The molecule has 0 aliphatic carbocycles. The monoisotopic (exact) mass is 366 g/mol. The van der Waals surface area contributed by atoms with Crippen molar-refractivity contribution in [2.45, 2.75) is 13.2 Å². The molecule has 27 heavy (non-hydrogen) atoms. The molecular weight excluding hydrogens is 347 g/mol. The summed E-state index contributed by atoms with van der Waals surface area (Å²) in [5.74, 6) is 0.0412. The Hall–Kier alpha value is -3.41. The van der Waals surface area contributed by atoms with Gasteiger partial charge in [-0.25, -0.2) is 4.39 Å². The summed E-state index contributed by atoms with van der Waals surface area (Å²) in [6.45, 7) is 0.599. The van der Waals surface area contributed by atoms with E-state index in [2.05, 4.69) is 5.32 Å². The highest BCUT2D eigenvalue weighted by Crippen LogP contribution is 2.15. The molecule has 1 heterocycles. The van der Waals surface area contributed by atoms with Crippen molar-refractivity contribution in [1.29, 1.82) is 0 Å². The van der Waals surface area contributed by atoms with Crippen molar-refractivity contribution in [1.82, 2.24) is 9.88 Å². The van der Waals surface area contributed by atoms with Crippen LogP contribution in [0.15, 0.2) is 71.5 Å². The van der Waals surface area contributed by atoms with E-state index in [9.17, 15) is 14.0 Å². The number of hydrogen-bond acceptors (Lipinski definition) is 3. The molecule has 0 atom stereocenters. The van der Waals surface area contributed by atoms with E-state index in [1.165, 1.54) is 22.8 Å². The van der Waals surface area contributed by atoms with Crippen molar-refractivity contribution in [3.63, 3.8) is 0 Å². The number of carbonyl (C=O) groups excluding carboxylic acids is 1. The van der Waals surface area contributed by atoms with Crippen molar-refractivity contribution in [2.24, 2.45) is 7.05 Å². The van der Waals surface area contributed by atoms with Crippen LogP contribution in [0.5, 0.6) is 5.75 Å². The molecule has 5 nitrogen and oxygen atoms in total. The molecule has 0 aliphatic heterocycles. The van der Waals surface area contributed by atoms with E-state index in [1.807, 2.05) is 12.1 Å². The van der Waals surface area contributed by atoms with Crippen molar-refractivity contribution in [3.8, 4) is 5.75 Å². The Morgan fingerprint density at radius 2 is 1.78 bits per heavy atom. The number of ether oxygens (including phenoxy) is 1. The van der Waals surface area contributed by atoms with Gasteiger partial charge in [0, 0.05) is 19.7 Å². The van der Waals surface area contributed by atoms with Crippen LogP contribution in [0.3, 0.4) is 0 Å². The summed E-state index contributed by atoms with van der Waals surface area (Å²) in [6, 6.07) is 18.1. The van der Waals surface area contributed by atoms with Crippen LogP contribution in [0.2, 0.25) is 0 Å². The zero-order valence-corrected chi connectivity index (χ0v) is 14.8. The number of hydrogen-bond donors (Lipinski definition) is 1. The quantitative estimate of drug-likeness (QED) is 0.729. The van der Waals surface area contributed by atoms with E-state index >= 15 is 0 Å². The maximum Gasteiger partial charge on any atom is 0.268 e. The second-order valence-corrected chi connectivity index (χ2v) is 6.05. The van der Waals surface area contributed by atoms with Crippen LogP contribution in [0.25, 0.3) is 0 Å². The molecule has 2 aromatic carbocycles. The van der Waals surface area contributed by atoms with Gasteiger partial charge in [-0.2, -0.15) is 0 Å². The van der Waals surface area contributed by atoms with Gasteiger partial charge in [-0.3, -0.25) is 9.59 Å². The average molecular weight is 366 g/mol. The number of benzene rings is 2. The Morgan fingerprint density at radius 1 is 1.04 bits per heavy atom. The van der Waals surface area contributed by atoms with Crippen LogP contribution in [0.1, 0.15) is 21.6 Å². The predicted molar refractivity (Wildman–Crippen MR) is 100 cm³/mol. The van der Waals surface area contributed by atoms with Crippen LogP contribution in [0.4, 0.5) is 4.39 Å². The summed E-state index contributed by atoms with van der Waals surface area (Å²) in [5.41, 5.74) is 1.71. The Bertz CT molecular complexity index is 997. The van der Waals surface area contributed by atoms with Gasteiger partial charge in [0.1, 0.15) is 23.9 Å². The lowest BCUT2D eigenvalue weighted by atomic mass is 10.2. The molecule has 0 saturated carbocycles. The van der Waals surface area contributed by atoms with Crippen LogP contribution >= 0.6 is 0 Å². The third kappa shape index (κ3) is 4.82. The SMILES string of the molecule is Cn1c(C(=O)NCc2ccc(OCc3cccc(F)c3)cc2)cccc1=O. The van der Waals surface area contributed by atoms with Crippen molar-refractivity contribution in [2.75, 3.05) is 0 Å². The Kier molecular flexibility index (Phi) is 5.66. The molecule has 0 radical (unpaired) electrons. The summed E-state index contributed by atoms with van der Waals surface area (Å²) in [4.78, 5) is 23.8. The zero-order valence-electron chi connectivity index (χ0n) is 14.8. The summed E-state index contributed by atoms with van der Waals surface area (Å²) in [6.07, 6.45) is 0. The molecule has 1 amide bonds. The molecule has 1 aromatic heterocycles. The lowest BCUT2D eigenvalue weighted by molar-refractivity contribution is 0.0941. The summed E-state index contributed by atoms with van der Waals surface area (Å²) < 4.78 is 20.1. The van der Waals surface area contributed by atoms with E-state index in [1.54, 1.807) is 43.4 Å². The maximum atomic E-state index is 13.2. The number of rotatable bonds is 6. The van der Waals surface area contributed by atoms with Crippen molar-refractivity contribution >= 4 is 5.91 Å². The second-order valence-electron chi connectivity index (χ2n) is 6.05. The number of halogens is 1. The van der Waals surface area contributed by atoms with Crippen molar-refractivity contribution in [3.05, 3.63) is 99.7 Å². The predicted octanol–water partition coefficient (Wildman–Crippen LogP) is 3.03. The molecule has 1 N–H and O–H groups in total. The van der Waals surface area contributed by atoms with Gasteiger partial charge in [0.2, 0.25) is 0 Å². The minimum Gasteiger partial charge on any atom is -0.489 e. The van der Waals surface area contributed by atoms with Gasteiger partial charge in [0.05, 0.1) is 0 Å². The van der Waals surface area contributed by atoms with Gasteiger partial charge in [0.15, 0.2) is 0 Å². The van der Waals surface area contributed by atoms with Crippen LogP contribution in [-0.2, 0) is 20.2 Å². The summed E-state index contributed by atoms with van der Waals surface area (Å²) in [7, 11) is 1.56. The smallest absolute Gasteiger partial charge is 0.268 e. The Balaban J connectivity index is 1.55. The maximum absolute atomic E-state index is 13.2. The fourth-order valence-corrected chi connectivity index (χ4v) is 2.56. The molecule has 138 valence electrons. The van der Waals surface area contributed by atoms with Crippen LogP contribution in [-0.4, -0.2) is 10.5 Å². The summed E-state index contributed by atoms with van der Waals surface area (Å²) in [5, 5.41) is 2.79. The first-order valence-corrected chi connectivity index (χ1v) is 8.43. The molecule has 0 saturated heterocycles. The molecule has 3 rings (SSSR count). The number of aromatic nitrogens is 1. The Morgan fingerprint density at radius 3 is 2.52 bits per heavy atom. The lowest BCUT2D eigenvalue weighted by Gasteiger charge is -2.10. The number of pyridine rings is 1. The first-order valence-electron chi connectivity index (χ1n) is 8.43. The lowest BCUT2D eigenvalue weighted by Crippen LogP contribution is -2.30. The second kappa shape index (κ2) is 8.31. The molecule has 0 fully saturated rings. The highest BCUT2D eigenvalue weighted by atomic mass is 19.1. The Labute approximate surface area is 156 Å². The van der Waals surface area contributed by atoms with Gasteiger partial charge >= 0.3 is 0 Å². The first-order chi connectivity index (χ1) is 13.0. The standard InChI is InChI=1S/C21H19FN2O3/c1-24-19(6-3-7-20(24)25)21(26)23-13-15-8-10-18(11-9-15)27-14-16-4-2-5-17(22)12-16/h2-12H,13-14H2,1H3,(H,23,26). The number of amides is 1. The van der Waals surface area contributed by atoms with E-state index in [0.717, 1.165) is 11.1 Å². The van der Waals surface area contributed by atoms with Crippen molar-refractivity contribution < 1.29 is 13.9 Å². The number of nitrogens with one attached hydrogen (secondary N) is 1. The first kappa shape index (κ1) is 18.4. The summed E-state index contributed by atoms with van der Waals surface area (Å²) >= 11 is 0. The topological polar surface area (TPSA) is 60.3 Å². The van der Waals surface area contributed by atoms with Gasteiger partial charge in [-0.1, -0.05) is 30.3 Å². The highest BCUT2D eigenvalue weighted by Gasteiger charge is 2.09. The third-order valence-electron chi connectivity index (χ3n) is 4.09. The molecule has 0 aliphatic rings. The van der Waals surface area contributed by atoms with Gasteiger partial charge < -0.3 is 14.6 Å². The largest absolute Gasteiger partial charge is 0.489 e. The number of carbonyl (C=O) groups is 1. The molecule has 0 unspecified atom stereocenters. The highest BCUT2D eigenvalue weighted by molar-refractivity contribution is 5.92. The fourth-order valence-electron chi connectivity index (χ4n) is 2.56. The van der Waals surface area contributed by atoms with Gasteiger partial charge in [0.25, 0.3) is 11.5 Å². The molecule has 0 spiro atoms. The molecule has 6 heteroatoms. The zero-order chi connectivity index (χ0) is 19.2. The molecular formula is C21H19FN2O3. The van der Waals surface area contributed by atoms with E-state index in [0.29, 0.717) is 18.0 Å².